The van der Waals surface area contributed by atoms with Gasteiger partial charge in [0.25, 0.3) is 0 Å². The molecule has 0 aliphatic heterocycles. The molecular formula is C10H11ClO2. The maximum Gasteiger partial charge on any atom is 0.120 e. The van der Waals surface area contributed by atoms with Crippen LogP contribution in [0.15, 0.2) is 35.9 Å². The Labute approximate surface area is 82.7 Å². The average Bonchev–Trinajstić information content (AvgIpc) is 2.19. The van der Waals surface area contributed by atoms with E-state index in [4.69, 9.17) is 21.1 Å². The van der Waals surface area contributed by atoms with Crippen molar-refractivity contribution >= 4 is 11.6 Å². The first-order valence-electron chi connectivity index (χ1n) is 3.89. The molecule has 0 spiro atoms. The predicted molar refractivity (Wildman–Crippen MR) is 53.5 cm³/mol. The highest BCUT2D eigenvalue weighted by Crippen LogP contribution is 2.16. The van der Waals surface area contributed by atoms with Crippen LogP contribution in [-0.2, 0) is 0 Å². The van der Waals surface area contributed by atoms with E-state index in [1.807, 2.05) is 24.3 Å². The molecule has 0 aliphatic carbocycles. The number of benzene rings is 1. The summed E-state index contributed by atoms with van der Waals surface area (Å²) in [5.74, 6) is 1.62. The van der Waals surface area contributed by atoms with Gasteiger partial charge in [0.05, 0.1) is 7.11 Å². The minimum atomic E-state index is 0.482. The lowest BCUT2D eigenvalue weighted by molar-refractivity contribution is 0.361. The third-order valence-corrected chi connectivity index (χ3v) is 1.67. The van der Waals surface area contributed by atoms with Crippen molar-refractivity contribution in [2.75, 3.05) is 13.7 Å². The number of hydrogen-bond donors (Lipinski definition) is 0. The molecular weight excluding hydrogens is 188 g/mol. The van der Waals surface area contributed by atoms with E-state index >= 15 is 0 Å². The van der Waals surface area contributed by atoms with Gasteiger partial charge in [-0.1, -0.05) is 11.6 Å². The molecule has 70 valence electrons. The SMILES string of the molecule is COc1ccc(OCC=CCl)cc1. The zero-order valence-corrected chi connectivity index (χ0v) is 8.12. The molecule has 0 heterocycles. The van der Waals surface area contributed by atoms with Gasteiger partial charge in [0, 0.05) is 5.54 Å². The summed E-state index contributed by atoms with van der Waals surface area (Å²) in [6.07, 6.45) is 1.73. The molecule has 0 fully saturated rings. The summed E-state index contributed by atoms with van der Waals surface area (Å²) in [4.78, 5) is 0. The molecule has 0 aromatic heterocycles. The fourth-order valence-corrected chi connectivity index (χ4v) is 0.925. The van der Waals surface area contributed by atoms with Gasteiger partial charge in [-0.25, -0.2) is 0 Å². The van der Waals surface area contributed by atoms with Crippen molar-refractivity contribution in [3.8, 4) is 11.5 Å². The highest BCUT2D eigenvalue weighted by atomic mass is 35.5. The number of ether oxygens (including phenoxy) is 2. The molecule has 13 heavy (non-hydrogen) atoms. The Morgan fingerprint density at radius 3 is 2.38 bits per heavy atom. The summed E-state index contributed by atoms with van der Waals surface area (Å²) in [6.45, 7) is 0.482. The van der Waals surface area contributed by atoms with Gasteiger partial charge >= 0.3 is 0 Å². The van der Waals surface area contributed by atoms with E-state index in [0.717, 1.165) is 11.5 Å². The number of halogens is 1. The minimum absolute atomic E-state index is 0.482. The number of rotatable bonds is 4. The first kappa shape index (κ1) is 9.93. The number of hydrogen-bond acceptors (Lipinski definition) is 2. The van der Waals surface area contributed by atoms with Crippen molar-refractivity contribution in [2.24, 2.45) is 0 Å². The van der Waals surface area contributed by atoms with Crippen LogP contribution < -0.4 is 9.47 Å². The zero-order valence-electron chi connectivity index (χ0n) is 7.37. The van der Waals surface area contributed by atoms with Crippen molar-refractivity contribution in [1.29, 1.82) is 0 Å². The van der Waals surface area contributed by atoms with Gasteiger partial charge < -0.3 is 9.47 Å². The molecule has 0 atom stereocenters. The monoisotopic (exact) mass is 198 g/mol. The second kappa shape index (κ2) is 5.49. The van der Waals surface area contributed by atoms with Crippen LogP contribution in [0.4, 0.5) is 0 Å². The Bertz CT molecular complexity index is 267. The second-order valence-electron chi connectivity index (χ2n) is 2.35. The molecule has 0 aliphatic rings. The van der Waals surface area contributed by atoms with Crippen LogP contribution in [0.3, 0.4) is 0 Å². The predicted octanol–water partition coefficient (Wildman–Crippen LogP) is 2.83. The standard InChI is InChI=1S/C10H11ClO2/c1-12-9-3-5-10(6-4-9)13-8-2-7-11/h2-7H,8H2,1H3. The van der Waals surface area contributed by atoms with Crippen LogP contribution in [0.1, 0.15) is 0 Å². The summed E-state index contributed by atoms with van der Waals surface area (Å²) in [7, 11) is 1.63. The van der Waals surface area contributed by atoms with Crippen molar-refractivity contribution in [1.82, 2.24) is 0 Å². The fourth-order valence-electron chi connectivity index (χ4n) is 0.853. The summed E-state index contributed by atoms with van der Waals surface area (Å²) >= 11 is 5.33. The lowest BCUT2D eigenvalue weighted by atomic mass is 10.3. The lowest BCUT2D eigenvalue weighted by Crippen LogP contribution is -1.92. The van der Waals surface area contributed by atoms with E-state index in [1.54, 1.807) is 13.2 Å². The first-order valence-corrected chi connectivity index (χ1v) is 4.32. The third-order valence-electron chi connectivity index (χ3n) is 1.49. The molecule has 2 nitrogen and oxygen atoms in total. The van der Waals surface area contributed by atoms with Crippen LogP contribution in [0.25, 0.3) is 0 Å². The Kier molecular flexibility index (Phi) is 4.19. The van der Waals surface area contributed by atoms with E-state index in [1.165, 1.54) is 5.54 Å². The first-order chi connectivity index (χ1) is 6.36. The van der Waals surface area contributed by atoms with Crippen molar-refractivity contribution in [3.63, 3.8) is 0 Å². The highest BCUT2D eigenvalue weighted by Gasteiger charge is 1.92. The molecule has 1 aromatic rings. The van der Waals surface area contributed by atoms with Gasteiger partial charge in [-0.2, -0.15) is 0 Å². The van der Waals surface area contributed by atoms with Gasteiger partial charge in [0.15, 0.2) is 0 Å². The Morgan fingerprint density at radius 2 is 1.85 bits per heavy atom. The second-order valence-corrected chi connectivity index (χ2v) is 2.60. The van der Waals surface area contributed by atoms with Crippen LogP contribution in [0, 0.1) is 0 Å². The van der Waals surface area contributed by atoms with Crippen LogP contribution in [0.2, 0.25) is 0 Å². The van der Waals surface area contributed by atoms with Crippen molar-refractivity contribution in [3.05, 3.63) is 35.9 Å². The van der Waals surface area contributed by atoms with E-state index in [-0.39, 0.29) is 0 Å². The summed E-state index contributed by atoms with van der Waals surface area (Å²) in [5, 5.41) is 0. The largest absolute Gasteiger partial charge is 0.497 e. The molecule has 0 unspecified atom stereocenters. The topological polar surface area (TPSA) is 18.5 Å². The van der Waals surface area contributed by atoms with Crippen LogP contribution in [0.5, 0.6) is 11.5 Å². The number of methoxy groups -OCH3 is 1. The quantitative estimate of drug-likeness (QED) is 0.741. The van der Waals surface area contributed by atoms with Crippen LogP contribution in [-0.4, -0.2) is 13.7 Å². The maximum atomic E-state index is 5.33. The lowest BCUT2D eigenvalue weighted by Gasteiger charge is -2.03. The molecule has 0 bridgehead atoms. The molecule has 0 amide bonds. The Balaban J connectivity index is 2.49. The van der Waals surface area contributed by atoms with Gasteiger partial charge in [0.1, 0.15) is 18.1 Å². The zero-order chi connectivity index (χ0) is 9.52. The molecule has 1 rings (SSSR count). The van der Waals surface area contributed by atoms with Gasteiger partial charge in [-0.15, -0.1) is 0 Å². The smallest absolute Gasteiger partial charge is 0.120 e. The maximum absolute atomic E-state index is 5.33. The highest BCUT2D eigenvalue weighted by molar-refractivity contribution is 6.25. The van der Waals surface area contributed by atoms with Crippen molar-refractivity contribution in [2.45, 2.75) is 0 Å². The summed E-state index contributed by atoms with van der Waals surface area (Å²) < 4.78 is 10.3. The summed E-state index contributed by atoms with van der Waals surface area (Å²) in [5.41, 5.74) is 1.43. The van der Waals surface area contributed by atoms with E-state index in [2.05, 4.69) is 0 Å². The fraction of sp³-hybridized carbons (Fsp3) is 0.200. The normalized spacial score (nSPS) is 10.3. The molecule has 0 N–H and O–H groups in total. The average molecular weight is 199 g/mol. The third kappa shape index (κ3) is 3.38. The Hall–Kier alpha value is -1.15. The molecule has 0 radical (unpaired) electrons. The minimum Gasteiger partial charge on any atom is -0.497 e. The molecule has 3 heteroatoms. The van der Waals surface area contributed by atoms with Gasteiger partial charge in [0.2, 0.25) is 0 Å². The van der Waals surface area contributed by atoms with Crippen molar-refractivity contribution < 1.29 is 9.47 Å². The van der Waals surface area contributed by atoms with Crippen LogP contribution >= 0.6 is 11.6 Å². The van der Waals surface area contributed by atoms with Gasteiger partial charge in [-0.3, -0.25) is 0 Å². The summed E-state index contributed by atoms with van der Waals surface area (Å²) in [6, 6.07) is 7.39. The molecule has 0 saturated heterocycles. The molecule has 1 aromatic carbocycles. The van der Waals surface area contributed by atoms with Gasteiger partial charge in [-0.05, 0) is 30.3 Å². The van der Waals surface area contributed by atoms with E-state index in [0.29, 0.717) is 6.61 Å². The Morgan fingerprint density at radius 1 is 1.23 bits per heavy atom. The molecule has 0 saturated carbocycles. The van der Waals surface area contributed by atoms with E-state index < -0.39 is 0 Å². The van der Waals surface area contributed by atoms with E-state index in [9.17, 15) is 0 Å².